The Morgan fingerprint density at radius 3 is 2.92 bits per heavy atom. The molecule has 0 aromatic carbocycles. The van der Waals surface area contributed by atoms with Crippen molar-refractivity contribution in [2.75, 3.05) is 13.2 Å². The van der Waals surface area contributed by atoms with E-state index < -0.39 is 0 Å². The Hall–Kier alpha value is -0.280. The average molecular weight is 192 g/mol. The highest BCUT2D eigenvalue weighted by Gasteiger charge is 2.30. The number of likely N-dealkylation sites (tertiary alicyclic amines) is 1. The summed E-state index contributed by atoms with van der Waals surface area (Å²) in [4.78, 5) is 13.0. The van der Waals surface area contributed by atoms with Crippen LogP contribution in [0.25, 0.3) is 0 Å². The summed E-state index contributed by atoms with van der Waals surface area (Å²) < 4.78 is 0. The van der Waals surface area contributed by atoms with Crippen molar-refractivity contribution in [3.63, 3.8) is 0 Å². The minimum Gasteiger partial charge on any atom is -0.396 e. The second-order valence-electron chi connectivity index (χ2n) is 3.21. The summed E-state index contributed by atoms with van der Waals surface area (Å²) in [6, 6.07) is 0.117. The molecule has 0 aromatic rings. The Balaban J connectivity index is 2.46. The summed E-state index contributed by atoms with van der Waals surface area (Å²) in [5.74, 6) is 0.107. The molecule has 0 spiro atoms. The molecule has 4 heteroatoms. The average Bonchev–Trinajstić information content (AvgIpc) is 2.30. The second-order valence-corrected chi connectivity index (χ2v) is 3.83. The summed E-state index contributed by atoms with van der Waals surface area (Å²) in [5, 5.41) is 8.64. The van der Waals surface area contributed by atoms with Gasteiger partial charge in [-0.15, -0.1) is 11.6 Å². The van der Waals surface area contributed by atoms with Crippen molar-refractivity contribution in [3.8, 4) is 0 Å². The number of aliphatic hydroxyl groups excluding tert-OH is 1. The van der Waals surface area contributed by atoms with Gasteiger partial charge in [0.25, 0.3) is 0 Å². The van der Waals surface area contributed by atoms with E-state index in [1.54, 1.807) is 4.90 Å². The van der Waals surface area contributed by atoms with Crippen molar-refractivity contribution >= 4 is 17.5 Å². The van der Waals surface area contributed by atoms with Crippen LogP contribution in [0.5, 0.6) is 0 Å². The fourth-order valence-electron chi connectivity index (χ4n) is 1.45. The van der Waals surface area contributed by atoms with Gasteiger partial charge < -0.3 is 10.0 Å². The van der Waals surface area contributed by atoms with Gasteiger partial charge in [0, 0.05) is 25.6 Å². The third-order valence-corrected chi connectivity index (χ3v) is 2.48. The van der Waals surface area contributed by atoms with Gasteiger partial charge in [-0.05, 0) is 13.3 Å². The van der Waals surface area contributed by atoms with E-state index in [2.05, 4.69) is 0 Å². The Morgan fingerprint density at radius 2 is 2.50 bits per heavy atom. The van der Waals surface area contributed by atoms with Crippen LogP contribution >= 0.6 is 11.6 Å². The van der Waals surface area contributed by atoms with E-state index in [9.17, 15) is 4.79 Å². The molecular weight excluding hydrogens is 178 g/mol. The molecule has 0 aliphatic carbocycles. The van der Waals surface area contributed by atoms with Crippen molar-refractivity contribution < 1.29 is 9.90 Å². The SMILES string of the molecule is CC(CCO)N1CC(Cl)CC1=O. The van der Waals surface area contributed by atoms with Crippen LogP contribution in [0.1, 0.15) is 19.8 Å². The Kier molecular flexibility index (Phi) is 3.35. The van der Waals surface area contributed by atoms with Crippen LogP contribution in [0.2, 0.25) is 0 Å². The van der Waals surface area contributed by atoms with Gasteiger partial charge in [-0.2, -0.15) is 0 Å². The maximum atomic E-state index is 11.3. The number of rotatable bonds is 3. The first-order chi connectivity index (χ1) is 5.65. The standard InChI is InChI=1S/C8H14ClNO2/c1-6(2-3-11)10-5-7(9)4-8(10)12/h6-7,11H,2-5H2,1H3. The monoisotopic (exact) mass is 191 g/mol. The number of hydrogen-bond acceptors (Lipinski definition) is 2. The highest BCUT2D eigenvalue weighted by atomic mass is 35.5. The molecule has 2 unspecified atom stereocenters. The third kappa shape index (κ3) is 2.11. The van der Waals surface area contributed by atoms with Crippen molar-refractivity contribution in [3.05, 3.63) is 0 Å². The fraction of sp³-hybridized carbons (Fsp3) is 0.875. The summed E-state index contributed by atoms with van der Waals surface area (Å²) in [6.45, 7) is 2.68. The van der Waals surface area contributed by atoms with Crippen LogP contribution in [0.3, 0.4) is 0 Å². The number of alkyl halides is 1. The number of amides is 1. The second kappa shape index (κ2) is 4.10. The number of carbonyl (C=O) groups excluding carboxylic acids is 1. The van der Waals surface area contributed by atoms with Crippen molar-refractivity contribution in [2.45, 2.75) is 31.2 Å². The minimum atomic E-state index is -0.0429. The first-order valence-electron chi connectivity index (χ1n) is 4.19. The molecule has 12 heavy (non-hydrogen) atoms. The highest BCUT2D eigenvalue weighted by Crippen LogP contribution is 2.19. The summed E-state index contributed by atoms with van der Waals surface area (Å²) >= 11 is 5.82. The lowest BCUT2D eigenvalue weighted by Crippen LogP contribution is -2.35. The highest BCUT2D eigenvalue weighted by molar-refractivity contribution is 6.22. The zero-order valence-corrected chi connectivity index (χ0v) is 7.92. The summed E-state index contributed by atoms with van der Waals surface area (Å²) in [5.41, 5.74) is 0. The van der Waals surface area contributed by atoms with Crippen LogP contribution in [0, 0.1) is 0 Å². The fourth-order valence-corrected chi connectivity index (χ4v) is 1.74. The summed E-state index contributed by atoms with van der Waals surface area (Å²) in [6.07, 6.45) is 1.08. The van der Waals surface area contributed by atoms with Crippen molar-refractivity contribution in [2.24, 2.45) is 0 Å². The zero-order chi connectivity index (χ0) is 9.14. The van der Waals surface area contributed by atoms with Gasteiger partial charge in [0.1, 0.15) is 0 Å². The first kappa shape index (κ1) is 9.81. The van der Waals surface area contributed by atoms with Gasteiger partial charge in [0.2, 0.25) is 5.91 Å². The predicted molar refractivity (Wildman–Crippen MR) is 47.1 cm³/mol. The molecule has 1 amide bonds. The molecule has 1 aliphatic rings. The molecule has 0 saturated carbocycles. The zero-order valence-electron chi connectivity index (χ0n) is 7.16. The van der Waals surface area contributed by atoms with Crippen LogP contribution in [0.4, 0.5) is 0 Å². The lowest BCUT2D eigenvalue weighted by Gasteiger charge is -2.23. The van der Waals surface area contributed by atoms with E-state index in [-0.39, 0.29) is 23.9 Å². The Bertz CT molecular complexity index is 174. The van der Waals surface area contributed by atoms with Crippen LogP contribution in [-0.2, 0) is 4.79 Å². The molecule has 1 fully saturated rings. The predicted octanol–water partition coefficient (Wildman–Crippen LogP) is 0.597. The van der Waals surface area contributed by atoms with Crippen LogP contribution in [0.15, 0.2) is 0 Å². The van der Waals surface area contributed by atoms with E-state index in [1.807, 2.05) is 6.92 Å². The van der Waals surface area contributed by atoms with Gasteiger partial charge in [-0.1, -0.05) is 0 Å². The molecule has 0 bridgehead atoms. The van der Waals surface area contributed by atoms with Crippen molar-refractivity contribution in [1.82, 2.24) is 4.90 Å². The lowest BCUT2D eigenvalue weighted by molar-refractivity contribution is -0.129. The van der Waals surface area contributed by atoms with Gasteiger partial charge in [0.15, 0.2) is 0 Å². The number of hydrogen-bond donors (Lipinski definition) is 1. The molecule has 70 valence electrons. The van der Waals surface area contributed by atoms with Crippen LogP contribution in [-0.4, -0.2) is 40.5 Å². The molecule has 1 rings (SSSR count). The summed E-state index contributed by atoms with van der Waals surface area (Å²) in [7, 11) is 0. The number of carbonyl (C=O) groups is 1. The molecule has 0 radical (unpaired) electrons. The van der Waals surface area contributed by atoms with Gasteiger partial charge in [-0.3, -0.25) is 4.79 Å². The molecule has 2 atom stereocenters. The number of aliphatic hydroxyl groups is 1. The topological polar surface area (TPSA) is 40.5 Å². The lowest BCUT2D eigenvalue weighted by atomic mass is 10.2. The largest absolute Gasteiger partial charge is 0.396 e. The number of halogens is 1. The Morgan fingerprint density at radius 1 is 1.83 bits per heavy atom. The van der Waals surface area contributed by atoms with Gasteiger partial charge in [0.05, 0.1) is 5.38 Å². The molecule has 1 heterocycles. The van der Waals surface area contributed by atoms with E-state index in [1.165, 1.54) is 0 Å². The van der Waals surface area contributed by atoms with Gasteiger partial charge in [-0.25, -0.2) is 0 Å². The normalized spacial score (nSPS) is 26.4. The molecule has 1 N–H and O–H groups in total. The third-order valence-electron chi connectivity index (χ3n) is 2.19. The molecule has 1 aliphatic heterocycles. The van der Waals surface area contributed by atoms with E-state index in [0.717, 1.165) is 0 Å². The molecule has 0 aromatic heterocycles. The first-order valence-corrected chi connectivity index (χ1v) is 4.63. The van der Waals surface area contributed by atoms with E-state index in [0.29, 0.717) is 19.4 Å². The maximum absolute atomic E-state index is 11.3. The van der Waals surface area contributed by atoms with E-state index >= 15 is 0 Å². The minimum absolute atomic E-state index is 0.0429. The smallest absolute Gasteiger partial charge is 0.224 e. The van der Waals surface area contributed by atoms with Gasteiger partial charge >= 0.3 is 0 Å². The molecular formula is C8H14ClNO2. The van der Waals surface area contributed by atoms with Crippen LogP contribution < -0.4 is 0 Å². The molecule has 1 saturated heterocycles. The number of nitrogens with zero attached hydrogens (tertiary/aromatic N) is 1. The van der Waals surface area contributed by atoms with Crippen molar-refractivity contribution in [1.29, 1.82) is 0 Å². The molecule has 3 nitrogen and oxygen atoms in total. The Labute approximate surface area is 77.3 Å². The maximum Gasteiger partial charge on any atom is 0.224 e. The van der Waals surface area contributed by atoms with E-state index in [4.69, 9.17) is 16.7 Å². The quantitative estimate of drug-likeness (QED) is 0.664.